The van der Waals surface area contributed by atoms with Crippen molar-refractivity contribution in [1.82, 2.24) is 5.32 Å². The lowest BCUT2D eigenvalue weighted by atomic mass is 10.2. The summed E-state index contributed by atoms with van der Waals surface area (Å²) in [5, 5.41) is 2.68. The number of nitrogens with one attached hydrogen (secondary N) is 1. The van der Waals surface area contributed by atoms with E-state index in [-0.39, 0.29) is 23.8 Å². The van der Waals surface area contributed by atoms with Gasteiger partial charge in [0.1, 0.15) is 0 Å². The minimum Gasteiger partial charge on any atom is -0.351 e. The van der Waals surface area contributed by atoms with Crippen LogP contribution in [0.1, 0.15) is 26.7 Å². The van der Waals surface area contributed by atoms with Gasteiger partial charge in [-0.2, -0.15) is 0 Å². The average Bonchev–Trinajstić information content (AvgIpc) is 2.36. The first-order chi connectivity index (χ1) is 5.44. The molecular weight excluding hydrogens is 164 g/mol. The van der Waals surface area contributed by atoms with E-state index in [0.717, 1.165) is 0 Å². The van der Waals surface area contributed by atoms with Gasteiger partial charge < -0.3 is 5.32 Å². The van der Waals surface area contributed by atoms with Crippen molar-refractivity contribution >= 4 is 5.91 Å². The Kier molecular flexibility index (Phi) is 2.35. The number of amides is 1. The minimum absolute atomic E-state index is 0.0404. The summed E-state index contributed by atoms with van der Waals surface area (Å²) >= 11 is 0. The summed E-state index contributed by atoms with van der Waals surface area (Å²) < 4.78 is 23.8. The molecule has 1 aliphatic carbocycles. The third-order valence-corrected chi connectivity index (χ3v) is 2.34. The molecule has 0 heterocycles. The van der Waals surface area contributed by atoms with Crippen molar-refractivity contribution in [2.24, 2.45) is 5.92 Å². The summed E-state index contributed by atoms with van der Waals surface area (Å²) in [4.78, 5) is 10.6. The standard InChI is InChI=1S/C8H13F2NO/c1-5(12)11-8(2)4-6(8)3-7(9)10/h6-7H,3-4H2,1-2H3,(H,11,12). The summed E-state index contributed by atoms with van der Waals surface area (Å²) in [6.45, 7) is 3.21. The molecule has 1 amide bonds. The zero-order valence-corrected chi connectivity index (χ0v) is 7.23. The fraction of sp³-hybridized carbons (Fsp3) is 0.875. The van der Waals surface area contributed by atoms with Crippen molar-refractivity contribution in [2.75, 3.05) is 0 Å². The Balaban J connectivity index is 2.33. The molecule has 70 valence electrons. The number of halogens is 2. The van der Waals surface area contributed by atoms with Crippen LogP contribution < -0.4 is 5.32 Å². The quantitative estimate of drug-likeness (QED) is 0.696. The highest BCUT2D eigenvalue weighted by molar-refractivity contribution is 5.74. The normalized spacial score (nSPS) is 33.6. The Morgan fingerprint density at radius 2 is 2.33 bits per heavy atom. The van der Waals surface area contributed by atoms with Crippen molar-refractivity contribution in [1.29, 1.82) is 0 Å². The van der Waals surface area contributed by atoms with Crippen LogP contribution in [-0.2, 0) is 4.79 Å². The molecule has 0 aromatic heterocycles. The van der Waals surface area contributed by atoms with E-state index in [1.807, 2.05) is 0 Å². The van der Waals surface area contributed by atoms with Gasteiger partial charge in [-0.3, -0.25) is 4.79 Å². The molecule has 2 nitrogen and oxygen atoms in total. The van der Waals surface area contributed by atoms with Gasteiger partial charge in [-0.15, -0.1) is 0 Å². The summed E-state index contributed by atoms with van der Waals surface area (Å²) in [6.07, 6.45) is -1.68. The highest BCUT2D eigenvalue weighted by atomic mass is 19.3. The van der Waals surface area contributed by atoms with Crippen LogP contribution in [0.5, 0.6) is 0 Å². The van der Waals surface area contributed by atoms with Crippen molar-refractivity contribution in [3.8, 4) is 0 Å². The van der Waals surface area contributed by atoms with Crippen LogP contribution in [0, 0.1) is 5.92 Å². The van der Waals surface area contributed by atoms with Crippen LogP contribution in [0.25, 0.3) is 0 Å². The molecule has 1 fully saturated rings. The maximum atomic E-state index is 11.9. The Hall–Kier alpha value is -0.670. The van der Waals surface area contributed by atoms with Gasteiger partial charge in [0.15, 0.2) is 0 Å². The third kappa shape index (κ3) is 2.16. The minimum atomic E-state index is -2.26. The number of rotatable bonds is 3. The number of carbonyl (C=O) groups is 1. The fourth-order valence-electron chi connectivity index (χ4n) is 1.57. The van der Waals surface area contributed by atoms with Gasteiger partial charge in [0.2, 0.25) is 12.3 Å². The second-order valence-electron chi connectivity index (χ2n) is 3.63. The zero-order valence-electron chi connectivity index (χ0n) is 7.23. The second-order valence-corrected chi connectivity index (χ2v) is 3.63. The lowest BCUT2D eigenvalue weighted by Gasteiger charge is -2.11. The van der Waals surface area contributed by atoms with E-state index in [2.05, 4.69) is 5.32 Å². The molecule has 4 heteroatoms. The van der Waals surface area contributed by atoms with E-state index < -0.39 is 6.43 Å². The van der Waals surface area contributed by atoms with Gasteiger partial charge in [-0.25, -0.2) is 8.78 Å². The molecule has 2 atom stereocenters. The Morgan fingerprint density at radius 1 is 1.75 bits per heavy atom. The molecule has 12 heavy (non-hydrogen) atoms. The van der Waals surface area contributed by atoms with Gasteiger partial charge in [-0.1, -0.05) is 0 Å². The van der Waals surface area contributed by atoms with Gasteiger partial charge in [0, 0.05) is 18.9 Å². The van der Waals surface area contributed by atoms with Crippen LogP contribution in [0.3, 0.4) is 0 Å². The second kappa shape index (κ2) is 2.99. The largest absolute Gasteiger partial charge is 0.351 e. The van der Waals surface area contributed by atoms with E-state index in [1.165, 1.54) is 6.92 Å². The van der Waals surface area contributed by atoms with Gasteiger partial charge in [0.05, 0.1) is 0 Å². The zero-order chi connectivity index (χ0) is 9.35. The van der Waals surface area contributed by atoms with Crippen LogP contribution in [0.4, 0.5) is 8.78 Å². The molecule has 2 unspecified atom stereocenters. The molecule has 0 saturated heterocycles. The highest BCUT2D eigenvalue weighted by Crippen LogP contribution is 2.46. The molecule has 1 N–H and O–H groups in total. The molecule has 1 rings (SSSR count). The van der Waals surface area contributed by atoms with E-state index in [0.29, 0.717) is 6.42 Å². The first-order valence-corrected chi connectivity index (χ1v) is 4.01. The maximum Gasteiger partial charge on any atom is 0.239 e. The van der Waals surface area contributed by atoms with Crippen LogP contribution in [0.15, 0.2) is 0 Å². The first kappa shape index (κ1) is 9.42. The number of alkyl halides is 2. The number of hydrogen-bond acceptors (Lipinski definition) is 1. The lowest BCUT2D eigenvalue weighted by Crippen LogP contribution is -2.34. The van der Waals surface area contributed by atoms with E-state index in [1.54, 1.807) is 6.92 Å². The molecule has 0 aromatic rings. The van der Waals surface area contributed by atoms with E-state index >= 15 is 0 Å². The highest BCUT2D eigenvalue weighted by Gasteiger charge is 2.51. The van der Waals surface area contributed by atoms with Crippen LogP contribution in [0.2, 0.25) is 0 Å². The van der Waals surface area contributed by atoms with Crippen molar-refractivity contribution in [3.05, 3.63) is 0 Å². The Morgan fingerprint density at radius 3 is 2.75 bits per heavy atom. The SMILES string of the molecule is CC(=O)NC1(C)CC1CC(F)F. The predicted octanol–water partition coefficient (Wildman–Crippen LogP) is 1.56. The third-order valence-electron chi connectivity index (χ3n) is 2.34. The van der Waals surface area contributed by atoms with Gasteiger partial charge in [0.25, 0.3) is 0 Å². The van der Waals surface area contributed by atoms with Gasteiger partial charge >= 0.3 is 0 Å². The molecular formula is C8H13F2NO. The molecule has 0 aliphatic heterocycles. The smallest absolute Gasteiger partial charge is 0.239 e. The Bertz CT molecular complexity index is 195. The van der Waals surface area contributed by atoms with Crippen molar-refractivity contribution in [2.45, 2.75) is 38.7 Å². The van der Waals surface area contributed by atoms with Crippen LogP contribution >= 0.6 is 0 Å². The predicted molar refractivity (Wildman–Crippen MR) is 40.9 cm³/mol. The summed E-state index contributed by atoms with van der Waals surface area (Å²) in [5.74, 6) is -0.185. The summed E-state index contributed by atoms with van der Waals surface area (Å²) in [6, 6.07) is 0. The maximum absolute atomic E-state index is 11.9. The van der Waals surface area contributed by atoms with E-state index in [4.69, 9.17) is 0 Å². The summed E-state index contributed by atoms with van der Waals surface area (Å²) in [7, 11) is 0. The monoisotopic (exact) mass is 177 g/mol. The molecule has 0 bridgehead atoms. The van der Waals surface area contributed by atoms with Crippen molar-refractivity contribution in [3.63, 3.8) is 0 Å². The van der Waals surface area contributed by atoms with E-state index in [9.17, 15) is 13.6 Å². The first-order valence-electron chi connectivity index (χ1n) is 4.01. The summed E-state index contributed by atoms with van der Waals surface area (Å²) in [5.41, 5.74) is -0.359. The van der Waals surface area contributed by atoms with Crippen LogP contribution in [-0.4, -0.2) is 17.9 Å². The molecule has 0 aromatic carbocycles. The topological polar surface area (TPSA) is 29.1 Å². The fourth-order valence-corrected chi connectivity index (χ4v) is 1.57. The number of carbonyl (C=O) groups excluding carboxylic acids is 1. The number of hydrogen-bond donors (Lipinski definition) is 1. The van der Waals surface area contributed by atoms with Crippen molar-refractivity contribution < 1.29 is 13.6 Å². The molecule has 0 spiro atoms. The lowest BCUT2D eigenvalue weighted by molar-refractivity contribution is -0.119. The Labute approximate surface area is 70.3 Å². The molecule has 1 saturated carbocycles. The van der Waals surface area contributed by atoms with Gasteiger partial charge in [-0.05, 0) is 19.3 Å². The average molecular weight is 177 g/mol. The molecule has 0 radical (unpaired) electrons. The molecule has 1 aliphatic rings.